The molecule has 0 aliphatic heterocycles. The molecule has 0 radical (unpaired) electrons. The molecule has 1 N–H and O–H groups in total. The maximum absolute atomic E-state index is 4.51. The van der Waals surface area contributed by atoms with Gasteiger partial charge in [0, 0.05) is 24.0 Å². The second-order valence-electron chi connectivity index (χ2n) is 5.17. The standard InChI is InChI=1S/C14H25N3S/c1-3-7-15-9-12-10-17(11-16-12)13-5-4-6-14(8-13)18-2/h10-11,13-15H,3-9H2,1-2H3. The van der Waals surface area contributed by atoms with Crippen molar-refractivity contribution < 1.29 is 0 Å². The van der Waals surface area contributed by atoms with Crippen molar-refractivity contribution in [1.29, 1.82) is 0 Å². The smallest absolute Gasteiger partial charge is 0.0952 e. The fraction of sp³-hybridized carbons (Fsp3) is 0.786. The van der Waals surface area contributed by atoms with Gasteiger partial charge in [-0.25, -0.2) is 4.98 Å². The molecule has 1 aliphatic rings. The number of aromatic nitrogens is 2. The summed E-state index contributed by atoms with van der Waals surface area (Å²) in [6.45, 7) is 4.17. The Morgan fingerprint density at radius 2 is 2.39 bits per heavy atom. The minimum absolute atomic E-state index is 0.670. The fourth-order valence-corrected chi connectivity index (χ4v) is 3.49. The predicted molar refractivity (Wildman–Crippen MR) is 79.0 cm³/mol. The molecule has 3 nitrogen and oxygen atoms in total. The van der Waals surface area contributed by atoms with Crippen LogP contribution in [-0.4, -0.2) is 27.6 Å². The normalized spacial score (nSPS) is 24.3. The molecule has 1 aromatic rings. The molecule has 1 fully saturated rings. The van der Waals surface area contributed by atoms with Gasteiger partial charge in [-0.05, 0) is 38.5 Å². The van der Waals surface area contributed by atoms with E-state index in [4.69, 9.17) is 0 Å². The number of nitrogens with one attached hydrogen (secondary N) is 1. The molecule has 2 atom stereocenters. The third kappa shape index (κ3) is 3.75. The van der Waals surface area contributed by atoms with E-state index >= 15 is 0 Å². The third-order valence-corrected chi connectivity index (χ3v) is 4.84. The topological polar surface area (TPSA) is 29.9 Å². The molecule has 1 heterocycles. The van der Waals surface area contributed by atoms with E-state index < -0.39 is 0 Å². The van der Waals surface area contributed by atoms with Gasteiger partial charge >= 0.3 is 0 Å². The van der Waals surface area contributed by atoms with Crippen LogP contribution in [0.3, 0.4) is 0 Å². The van der Waals surface area contributed by atoms with Gasteiger partial charge in [0.2, 0.25) is 0 Å². The lowest BCUT2D eigenvalue weighted by molar-refractivity contribution is 0.360. The molecule has 1 saturated carbocycles. The van der Waals surface area contributed by atoms with Crippen LogP contribution < -0.4 is 5.32 Å². The Hall–Kier alpha value is -0.480. The molecule has 2 unspecified atom stereocenters. The molecule has 0 amide bonds. The Balaban J connectivity index is 1.88. The maximum atomic E-state index is 4.51. The summed E-state index contributed by atoms with van der Waals surface area (Å²) in [5.41, 5.74) is 1.18. The van der Waals surface area contributed by atoms with Gasteiger partial charge in [0.05, 0.1) is 12.0 Å². The van der Waals surface area contributed by atoms with Gasteiger partial charge in [0.15, 0.2) is 0 Å². The van der Waals surface area contributed by atoms with Crippen LogP contribution >= 0.6 is 11.8 Å². The summed E-state index contributed by atoms with van der Waals surface area (Å²) in [4.78, 5) is 4.51. The lowest BCUT2D eigenvalue weighted by Gasteiger charge is -2.28. The van der Waals surface area contributed by atoms with Gasteiger partial charge < -0.3 is 9.88 Å². The zero-order valence-corrected chi connectivity index (χ0v) is 12.4. The first-order valence-electron chi connectivity index (χ1n) is 7.09. The first-order chi connectivity index (χ1) is 8.83. The highest BCUT2D eigenvalue weighted by Crippen LogP contribution is 2.33. The molecular formula is C14H25N3S. The van der Waals surface area contributed by atoms with E-state index in [9.17, 15) is 0 Å². The van der Waals surface area contributed by atoms with E-state index in [2.05, 4.69) is 34.2 Å². The highest BCUT2D eigenvalue weighted by atomic mass is 32.2. The van der Waals surface area contributed by atoms with E-state index in [0.29, 0.717) is 6.04 Å². The number of hydrogen-bond acceptors (Lipinski definition) is 3. The summed E-state index contributed by atoms with van der Waals surface area (Å²) in [6.07, 6.45) is 13.0. The average molecular weight is 267 g/mol. The summed E-state index contributed by atoms with van der Waals surface area (Å²) in [5.74, 6) is 0. The summed E-state index contributed by atoms with van der Waals surface area (Å²) in [5, 5.41) is 4.25. The third-order valence-electron chi connectivity index (χ3n) is 3.74. The first kappa shape index (κ1) is 13.9. The largest absolute Gasteiger partial charge is 0.334 e. The van der Waals surface area contributed by atoms with Crippen LogP contribution in [0, 0.1) is 0 Å². The van der Waals surface area contributed by atoms with Gasteiger partial charge in [-0.15, -0.1) is 0 Å². The SMILES string of the molecule is CCCNCc1cn(C2CCCC(SC)C2)cn1. The van der Waals surface area contributed by atoms with Crippen LogP contribution in [0.4, 0.5) is 0 Å². The molecule has 0 spiro atoms. The number of rotatable bonds is 6. The second-order valence-corrected chi connectivity index (χ2v) is 6.31. The van der Waals surface area contributed by atoms with Crippen LogP contribution in [0.2, 0.25) is 0 Å². The van der Waals surface area contributed by atoms with E-state index in [1.807, 2.05) is 18.1 Å². The number of thioether (sulfide) groups is 1. The number of imidazole rings is 1. The van der Waals surface area contributed by atoms with Gasteiger partial charge in [-0.1, -0.05) is 13.3 Å². The van der Waals surface area contributed by atoms with E-state index in [0.717, 1.165) is 18.3 Å². The maximum Gasteiger partial charge on any atom is 0.0952 e. The van der Waals surface area contributed by atoms with Crippen molar-refractivity contribution in [3.05, 3.63) is 18.2 Å². The van der Waals surface area contributed by atoms with Crippen LogP contribution in [0.25, 0.3) is 0 Å². The summed E-state index contributed by atoms with van der Waals surface area (Å²) >= 11 is 2.02. The minimum atomic E-state index is 0.670. The first-order valence-corrected chi connectivity index (χ1v) is 8.38. The average Bonchev–Trinajstić information content (AvgIpc) is 2.88. The van der Waals surface area contributed by atoms with Crippen molar-refractivity contribution in [2.45, 2.75) is 56.9 Å². The molecule has 1 aliphatic carbocycles. The Morgan fingerprint density at radius 3 is 3.17 bits per heavy atom. The van der Waals surface area contributed by atoms with E-state index in [1.165, 1.54) is 37.8 Å². The van der Waals surface area contributed by atoms with Crippen LogP contribution in [0.15, 0.2) is 12.5 Å². The monoisotopic (exact) mass is 267 g/mol. The van der Waals surface area contributed by atoms with Crippen molar-refractivity contribution >= 4 is 11.8 Å². The molecule has 4 heteroatoms. The fourth-order valence-electron chi connectivity index (χ4n) is 2.67. The van der Waals surface area contributed by atoms with Gasteiger partial charge in [0.1, 0.15) is 0 Å². The van der Waals surface area contributed by atoms with E-state index in [1.54, 1.807) is 0 Å². The van der Waals surface area contributed by atoms with Crippen LogP contribution in [-0.2, 0) is 6.54 Å². The van der Waals surface area contributed by atoms with Crippen molar-refractivity contribution in [3.63, 3.8) is 0 Å². The van der Waals surface area contributed by atoms with Crippen molar-refractivity contribution in [3.8, 4) is 0 Å². The summed E-state index contributed by atoms with van der Waals surface area (Å²) in [6, 6.07) is 0.670. The number of nitrogens with zero attached hydrogens (tertiary/aromatic N) is 2. The highest BCUT2D eigenvalue weighted by Gasteiger charge is 2.22. The predicted octanol–water partition coefficient (Wildman–Crippen LogP) is 3.23. The molecule has 2 rings (SSSR count). The van der Waals surface area contributed by atoms with Gasteiger partial charge in [-0.3, -0.25) is 0 Å². The van der Waals surface area contributed by atoms with Crippen LogP contribution in [0.5, 0.6) is 0 Å². The van der Waals surface area contributed by atoms with Crippen LogP contribution in [0.1, 0.15) is 50.8 Å². The van der Waals surface area contributed by atoms with Gasteiger partial charge in [0.25, 0.3) is 0 Å². The van der Waals surface area contributed by atoms with Gasteiger partial charge in [-0.2, -0.15) is 11.8 Å². The molecule has 18 heavy (non-hydrogen) atoms. The second kappa shape index (κ2) is 7.19. The molecule has 0 aromatic carbocycles. The summed E-state index contributed by atoms with van der Waals surface area (Å²) in [7, 11) is 0. The van der Waals surface area contributed by atoms with E-state index in [-0.39, 0.29) is 0 Å². The molecule has 102 valence electrons. The zero-order chi connectivity index (χ0) is 12.8. The Morgan fingerprint density at radius 1 is 1.50 bits per heavy atom. The quantitative estimate of drug-likeness (QED) is 0.803. The molecule has 0 bridgehead atoms. The Labute approximate surface area is 115 Å². The Kier molecular flexibility index (Phi) is 5.57. The highest BCUT2D eigenvalue weighted by molar-refractivity contribution is 7.99. The summed E-state index contributed by atoms with van der Waals surface area (Å²) < 4.78 is 2.34. The Bertz CT molecular complexity index is 351. The molecule has 0 saturated heterocycles. The van der Waals surface area contributed by atoms with Crippen molar-refractivity contribution in [2.75, 3.05) is 12.8 Å². The zero-order valence-electron chi connectivity index (χ0n) is 11.6. The lowest BCUT2D eigenvalue weighted by atomic mass is 9.95. The lowest BCUT2D eigenvalue weighted by Crippen LogP contribution is -2.19. The van der Waals surface area contributed by atoms with Crippen molar-refractivity contribution in [2.24, 2.45) is 0 Å². The molecular weight excluding hydrogens is 242 g/mol. The van der Waals surface area contributed by atoms with Crippen molar-refractivity contribution in [1.82, 2.24) is 14.9 Å². The number of hydrogen-bond donors (Lipinski definition) is 1. The molecule has 1 aromatic heterocycles. The minimum Gasteiger partial charge on any atom is -0.334 e.